The number of halogens is 2. The van der Waals surface area contributed by atoms with Crippen molar-refractivity contribution in [2.45, 2.75) is 12.0 Å². The highest BCUT2D eigenvalue weighted by Gasteiger charge is 2.35. The number of benzene rings is 1. The lowest BCUT2D eigenvalue weighted by atomic mass is 9.95. The Morgan fingerprint density at radius 2 is 1.95 bits per heavy atom. The quantitative estimate of drug-likeness (QED) is 0.907. The van der Waals surface area contributed by atoms with Gasteiger partial charge in [-0.25, -0.2) is 0 Å². The van der Waals surface area contributed by atoms with Gasteiger partial charge in [0.25, 0.3) is 5.91 Å². The Kier molecular flexibility index (Phi) is 4.22. The number of nitrogens with two attached hydrogens (primary N) is 1. The molecule has 2 heterocycles. The Morgan fingerprint density at radius 3 is 2.57 bits per heavy atom. The van der Waals surface area contributed by atoms with Gasteiger partial charge in [-0.05, 0) is 11.6 Å². The van der Waals surface area contributed by atoms with E-state index in [0.29, 0.717) is 27.3 Å². The van der Waals surface area contributed by atoms with Crippen LogP contribution in [0.15, 0.2) is 36.4 Å². The van der Waals surface area contributed by atoms with E-state index in [2.05, 4.69) is 0 Å². The molecule has 3 nitrogen and oxygen atoms in total. The minimum Gasteiger partial charge on any atom is -0.336 e. The molecule has 0 saturated carbocycles. The van der Waals surface area contributed by atoms with E-state index in [1.165, 1.54) is 11.3 Å². The maximum atomic E-state index is 12.5. The molecule has 6 heteroatoms. The first-order chi connectivity index (χ1) is 10.1. The lowest BCUT2D eigenvalue weighted by Gasteiger charge is -2.16. The van der Waals surface area contributed by atoms with Crippen molar-refractivity contribution in [1.29, 1.82) is 0 Å². The first kappa shape index (κ1) is 14.9. The maximum absolute atomic E-state index is 12.5. The van der Waals surface area contributed by atoms with Gasteiger partial charge in [-0.1, -0.05) is 53.5 Å². The molecule has 0 radical (unpaired) electrons. The Balaban J connectivity index is 1.80. The summed E-state index contributed by atoms with van der Waals surface area (Å²) in [6.45, 7) is 1.13. The van der Waals surface area contributed by atoms with E-state index in [1.807, 2.05) is 30.3 Å². The predicted molar refractivity (Wildman–Crippen MR) is 87.4 cm³/mol. The lowest BCUT2D eigenvalue weighted by Crippen LogP contribution is -2.32. The van der Waals surface area contributed by atoms with Crippen molar-refractivity contribution in [3.8, 4) is 0 Å². The number of hydrogen-bond acceptors (Lipinski definition) is 3. The van der Waals surface area contributed by atoms with E-state index >= 15 is 0 Å². The van der Waals surface area contributed by atoms with Crippen LogP contribution in [-0.2, 0) is 0 Å². The van der Waals surface area contributed by atoms with Crippen LogP contribution in [0.25, 0.3) is 0 Å². The molecular formula is C15H14Cl2N2OS. The number of likely N-dealkylation sites (tertiary alicyclic amines) is 1. The summed E-state index contributed by atoms with van der Waals surface area (Å²) in [6.07, 6.45) is 0. The normalized spacial score (nSPS) is 21.8. The van der Waals surface area contributed by atoms with Gasteiger partial charge in [0.2, 0.25) is 0 Å². The van der Waals surface area contributed by atoms with Gasteiger partial charge in [-0.15, -0.1) is 11.3 Å². The van der Waals surface area contributed by atoms with E-state index in [-0.39, 0.29) is 17.9 Å². The molecule has 1 amide bonds. The van der Waals surface area contributed by atoms with Crippen LogP contribution in [0.3, 0.4) is 0 Å². The van der Waals surface area contributed by atoms with Crippen LogP contribution in [0.2, 0.25) is 8.67 Å². The Labute approximate surface area is 137 Å². The van der Waals surface area contributed by atoms with E-state index in [1.54, 1.807) is 11.0 Å². The lowest BCUT2D eigenvalue weighted by molar-refractivity contribution is 0.0790. The van der Waals surface area contributed by atoms with Gasteiger partial charge in [0.15, 0.2) is 0 Å². The van der Waals surface area contributed by atoms with Gasteiger partial charge in [0, 0.05) is 25.0 Å². The predicted octanol–water partition coefficient (Wildman–Crippen LogP) is 3.62. The minimum atomic E-state index is -0.1000. The van der Waals surface area contributed by atoms with Crippen molar-refractivity contribution in [3.63, 3.8) is 0 Å². The highest BCUT2D eigenvalue weighted by atomic mass is 35.5. The molecule has 21 heavy (non-hydrogen) atoms. The van der Waals surface area contributed by atoms with Gasteiger partial charge >= 0.3 is 0 Å². The fourth-order valence-corrected chi connectivity index (χ4v) is 4.15. The summed E-state index contributed by atoms with van der Waals surface area (Å²) >= 11 is 13.2. The van der Waals surface area contributed by atoms with Gasteiger partial charge in [0.1, 0.15) is 4.34 Å². The second kappa shape index (κ2) is 5.97. The monoisotopic (exact) mass is 340 g/mol. The topological polar surface area (TPSA) is 46.3 Å². The summed E-state index contributed by atoms with van der Waals surface area (Å²) in [5.74, 6) is 0.0556. The third kappa shape index (κ3) is 2.94. The number of rotatable bonds is 2. The SMILES string of the molecule is N[C@@H]1CN(C(=O)c2cc(Cl)sc2Cl)C[C@H]1c1ccccc1. The third-order valence-corrected chi connectivity index (χ3v) is 5.25. The molecule has 1 saturated heterocycles. The molecule has 2 atom stereocenters. The van der Waals surface area contributed by atoms with E-state index < -0.39 is 0 Å². The van der Waals surface area contributed by atoms with Gasteiger partial charge < -0.3 is 10.6 Å². The third-order valence-electron chi connectivity index (χ3n) is 3.77. The molecular weight excluding hydrogens is 327 g/mol. The summed E-state index contributed by atoms with van der Waals surface area (Å²) < 4.78 is 0.952. The standard InChI is InChI=1S/C15H14Cl2N2OS/c16-13-6-10(14(17)21-13)15(20)19-7-11(12(18)8-19)9-4-2-1-3-5-9/h1-6,11-12H,7-8,18H2/t11-,12+/m0/s1. The van der Waals surface area contributed by atoms with Crippen molar-refractivity contribution < 1.29 is 4.79 Å². The molecule has 0 unspecified atom stereocenters. The van der Waals surface area contributed by atoms with Gasteiger partial charge in [0.05, 0.1) is 9.90 Å². The summed E-state index contributed by atoms with van der Waals surface area (Å²) in [4.78, 5) is 14.3. The fraction of sp³-hybridized carbons (Fsp3) is 0.267. The van der Waals surface area contributed by atoms with Crippen molar-refractivity contribution in [1.82, 2.24) is 4.90 Å². The highest BCUT2D eigenvalue weighted by Crippen LogP contribution is 2.34. The maximum Gasteiger partial charge on any atom is 0.256 e. The van der Waals surface area contributed by atoms with Crippen LogP contribution < -0.4 is 5.73 Å². The minimum absolute atomic E-state index is 0.0655. The zero-order chi connectivity index (χ0) is 15.0. The van der Waals surface area contributed by atoms with Crippen molar-refractivity contribution in [3.05, 3.63) is 56.2 Å². The Hall–Kier alpha value is -1.07. The molecule has 1 aliphatic heterocycles. The first-order valence-corrected chi connectivity index (χ1v) is 8.18. The largest absolute Gasteiger partial charge is 0.336 e. The Morgan fingerprint density at radius 1 is 1.24 bits per heavy atom. The molecule has 1 aromatic heterocycles. The number of nitrogens with zero attached hydrogens (tertiary/aromatic N) is 1. The van der Waals surface area contributed by atoms with Gasteiger partial charge in [-0.3, -0.25) is 4.79 Å². The highest BCUT2D eigenvalue weighted by molar-refractivity contribution is 7.20. The second-order valence-electron chi connectivity index (χ2n) is 5.13. The first-order valence-electron chi connectivity index (χ1n) is 6.61. The molecule has 2 aromatic rings. The molecule has 110 valence electrons. The summed E-state index contributed by atoms with van der Waals surface area (Å²) in [5, 5.41) is 0. The van der Waals surface area contributed by atoms with Crippen LogP contribution in [0.1, 0.15) is 21.8 Å². The zero-order valence-electron chi connectivity index (χ0n) is 11.1. The number of carbonyl (C=O) groups is 1. The zero-order valence-corrected chi connectivity index (χ0v) is 13.5. The van der Waals surface area contributed by atoms with E-state index in [4.69, 9.17) is 28.9 Å². The second-order valence-corrected chi connectivity index (χ2v) is 7.41. The number of hydrogen-bond donors (Lipinski definition) is 1. The molecule has 2 N–H and O–H groups in total. The summed E-state index contributed by atoms with van der Waals surface area (Å²) in [7, 11) is 0. The molecule has 3 rings (SSSR count). The van der Waals surface area contributed by atoms with Crippen LogP contribution in [-0.4, -0.2) is 29.9 Å². The van der Waals surface area contributed by atoms with Crippen LogP contribution in [0.5, 0.6) is 0 Å². The van der Waals surface area contributed by atoms with Crippen molar-refractivity contribution >= 4 is 40.4 Å². The average Bonchev–Trinajstić information content (AvgIpc) is 3.02. The van der Waals surface area contributed by atoms with Crippen LogP contribution in [0.4, 0.5) is 0 Å². The molecule has 0 bridgehead atoms. The smallest absolute Gasteiger partial charge is 0.256 e. The van der Waals surface area contributed by atoms with Gasteiger partial charge in [-0.2, -0.15) is 0 Å². The Bertz CT molecular complexity index is 659. The number of thiophene rings is 1. The molecule has 1 fully saturated rings. The van der Waals surface area contributed by atoms with Crippen molar-refractivity contribution in [2.75, 3.05) is 13.1 Å². The summed E-state index contributed by atoms with van der Waals surface area (Å²) in [6, 6.07) is 11.6. The average molecular weight is 341 g/mol. The number of carbonyl (C=O) groups excluding carboxylic acids is 1. The molecule has 0 aliphatic carbocycles. The molecule has 0 spiro atoms. The fourth-order valence-electron chi connectivity index (χ4n) is 2.70. The molecule has 1 aromatic carbocycles. The van der Waals surface area contributed by atoms with Crippen molar-refractivity contribution in [2.24, 2.45) is 5.73 Å². The van der Waals surface area contributed by atoms with Crippen LogP contribution in [0, 0.1) is 0 Å². The van der Waals surface area contributed by atoms with E-state index in [9.17, 15) is 4.79 Å². The van der Waals surface area contributed by atoms with Crippen LogP contribution >= 0.6 is 34.5 Å². The number of amides is 1. The van der Waals surface area contributed by atoms with E-state index in [0.717, 1.165) is 5.56 Å². The molecule has 1 aliphatic rings. The summed E-state index contributed by atoms with van der Waals surface area (Å²) in [5.41, 5.74) is 7.84.